The molecule has 0 spiro atoms. The Kier molecular flexibility index (Phi) is 7.39. The fourth-order valence-corrected chi connectivity index (χ4v) is 6.51. The Morgan fingerprint density at radius 2 is 1.40 bits per heavy atom. The number of aliphatic imine (C=N–C) groups is 2. The van der Waals surface area contributed by atoms with Gasteiger partial charge in [0.2, 0.25) is 0 Å². The van der Waals surface area contributed by atoms with Gasteiger partial charge in [-0.3, -0.25) is 0 Å². The molecule has 1 aromatic heterocycles. The van der Waals surface area contributed by atoms with Crippen LogP contribution in [0.1, 0.15) is 34.0 Å². The second kappa shape index (κ2) is 12.2. The first-order chi connectivity index (χ1) is 23.6. The number of nitrogens with one attached hydrogen (secondary N) is 1. The first-order valence-electron chi connectivity index (χ1n) is 16.1. The smallest absolute Gasteiger partial charge is 0.159 e. The molecule has 1 aliphatic heterocycles. The molecule has 1 unspecified atom stereocenters. The summed E-state index contributed by atoms with van der Waals surface area (Å²) in [6, 6.07) is 48.2. The van der Waals surface area contributed by atoms with Gasteiger partial charge in [-0.05, 0) is 75.7 Å². The third-order valence-electron chi connectivity index (χ3n) is 8.98. The molecule has 0 saturated carbocycles. The van der Waals surface area contributed by atoms with Crippen LogP contribution in [0.4, 0.5) is 0 Å². The fraction of sp³-hybridized carbons (Fsp3) is 0.0455. The zero-order valence-electron chi connectivity index (χ0n) is 26.7. The van der Waals surface area contributed by atoms with Crippen LogP contribution in [0.5, 0.6) is 0 Å². The molecule has 8 rings (SSSR count). The molecule has 48 heavy (non-hydrogen) atoms. The van der Waals surface area contributed by atoms with E-state index in [1.807, 2.05) is 42.5 Å². The monoisotopic (exact) mass is 619 g/mol. The maximum absolute atomic E-state index is 6.39. The Balaban J connectivity index is 1.22. The topological polar surface area (TPSA) is 49.9 Å². The molecular formula is C44H33N3O. The number of rotatable bonds is 7. The molecule has 7 aromatic rings. The number of amidine groups is 2. The van der Waals surface area contributed by atoms with E-state index in [9.17, 15) is 0 Å². The van der Waals surface area contributed by atoms with Crippen molar-refractivity contribution in [3.8, 4) is 22.3 Å². The van der Waals surface area contributed by atoms with Gasteiger partial charge < -0.3 is 9.73 Å². The summed E-state index contributed by atoms with van der Waals surface area (Å²) < 4.78 is 6.39. The minimum atomic E-state index is -0.259. The molecule has 0 bridgehead atoms. The van der Waals surface area contributed by atoms with Gasteiger partial charge in [-0.25, -0.2) is 9.98 Å². The van der Waals surface area contributed by atoms with Crippen LogP contribution in [0.15, 0.2) is 173 Å². The predicted molar refractivity (Wildman–Crippen MR) is 200 cm³/mol. The minimum Gasteiger partial charge on any atom is -0.456 e. The van der Waals surface area contributed by atoms with Gasteiger partial charge in [0.05, 0.1) is 0 Å². The molecule has 4 nitrogen and oxygen atoms in total. The van der Waals surface area contributed by atoms with Gasteiger partial charge in [-0.2, -0.15) is 0 Å². The van der Waals surface area contributed by atoms with Gasteiger partial charge >= 0.3 is 0 Å². The molecule has 6 aromatic carbocycles. The summed E-state index contributed by atoms with van der Waals surface area (Å²) in [5.41, 5.74) is 12.4. The molecule has 0 saturated heterocycles. The van der Waals surface area contributed by atoms with Crippen LogP contribution >= 0.6 is 0 Å². The lowest BCUT2D eigenvalue weighted by atomic mass is 9.94. The van der Waals surface area contributed by atoms with Crippen molar-refractivity contribution >= 4 is 39.2 Å². The van der Waals surface area contributed by atoms with Crippen LogP contribution in [-0.2, 0) is 0 Å². The van der Waals surface area contributed by atoms with Crippen LogP contribution in [-0.4, -0.2) is 11.7 Å². The summed E-state index contributed by atoms with van der Waals surface area (Å²) in [5, 5.41) is 5.77. The van der Waals surface area contributed by atoms with Crippen LogP contribution in [0.2, 0.25) is 0 Å². The summed E-state index contributed by atoms with van der Waals surface area (Å²) >= 11 is 0. The minimum absolute atomic E-state index is 0.259. The number of fused-ring (bicyclic) bond motifs is 3. The zero-order valence-corrected chi connectivity index (χ0v) is 26.7. The highest BCUT2D eigenvalue weighted by molar-refractivity contribution is 6.15. The Bertz CT molecular complexity index is 2420. The van der Waals surface area contributed by atoms with Crippen molar-refractivity contribution in [1.29, 1.82) is 0 Å². The fourth-order valence-electron chi connectivity index (χ4n) is 6.51. The quantitative estimate of drug-likeness (QED) is 0.181. The number of nitrogens with zero attached hydrogens (tertiary/aromatic N) is 2. The van der Waals surface area contributed by atoms with Crippen LogP contribution in [0.3, 0.4) is 0 Å². The number of hydrogen-bond acceptors (Lipinski definition) is 4. The first kappa shape index (κ1) is 29.2. The molecular weight excluding hydrogens is 587 g/mol. The van der Waals surface area contributed by atoms with E-state index in [1.165, 1.54) is 5.56 Å². The zero-order chi connectivity index (χ0) is 32.6. The largest absolute Gasteiger partial charge is 0.456 e. The van der Waals surface area contributed by atoms with Gasteiger partial charge in [0.15, 0.2) is 5.84 Å². The number of allylic oxidation sites excluding steroid dienone is 2. The molecule has 4 heteroatoms. The van der Waals surface area contributed by atoms with Crippen molar-refractivity contribution in [2.75, 3.05) is 0 Å². The molecule has 230 valence electrons. The van der Waals surface area contributed by atoms with Crippen molar-refractivity contribution in [2.45, 2.75) is 13.1 Å². The van der Waals surface area contributed by atoms with Gasteiger partial charge in [0.25, 0.3) is 0 Å². The lowest BCUT2D eigenvalue weighted by Crippen LogP contribution is -2.33. The van der Waals surface area contributed by atoms with E-state index < -0.39 is 0 Å². The van der Waals surface area contributed by atoms with Crippen molar-refractivity contribution in [1.82, 2.24) is 5.32 Å². The average molecular weight is 620 g/mol. The molecule has 0 fully saturated rings. The van der Waals surface area contributed by atoms with E-state index in [1.54, 1.807) is 6.08 Å². The van der Waals surface area contributed by atoms with Gasteiger partial charge in [0.1, 0.15) is 23.2 Å². The molecule has 0 radical (unpaired) electrons. The van der Waals surface area contributed by atoms with Crippen molar-refractivity contribution in [3.05, 3.63) is 187 Å². The summed E-state index contributed by atoms with van der Waals surface area (Å²) in [7, 11) is 0. The Morgan fingerprint density at radius 1 is 0.688 bits per heavy atom. The highest BCUT2D eigenvalue weighted by Gasteiger charge is 2.22. The summed E-state index contributed by atoms with van der Waals surface area (Å²) in [6.07, 6.45) is 1.54. The molecule has 1 aliphatic rings. The summed E-state index contributed by atoms with van der Waals surface area (Å²) in [4.78, 5) is 10.0. The number of aryl methyl sites for hydroxylation is 1. The van der Waals surface area contributed by atoms with Gasteiger partial charge in [-0.15, -0.1) is 0 Å². The van der Waals surface area contributed by atoms with Gasteiger partial charge in [-0.1, -0.05) is 134 Å². The van der Waals surface area contributed by atoms with E-state index >= 15 is 0 Å². The van der Waals surface area contributed by atoms with E-state index in [0.717, 1.165) is 77.9 Å². The molecule has 2 heterocycles. The number of furan rings is 1. The molecule has 1 N–H and O–H groups in total. The Hall–Kier alpha value is -6.26. The number of hydrogen-bond donors (Lipinski definition) is 1. The number of benzene rings is 6. The first-order valence-corrected chi connectivity index (χ1v) is 16.1. The van der Waals surface area contributed by atoms with Crippen molar-refractivity contribution < 1.29 is 4.42 Å². The van der Waals surface area contributed by atoms with E-state index in [-0.39, 0.29) is 6.17 Å². The second-order valence-corrected chi connectivity index (χ2v) is 12.1. The third kappa shape index (κ3) is 5.33. The summed E-state index contributed by atoms with van der Waals surface area (Å²) in [5.74, 6) is 1.49. The van der Waals surface area contributed by atoms with E-state index in [4.69, 9.17) is 14.4 Å². The highest BCUT2D eigenvalue weighted by Crippen LogP contribution is 2.39. The van der Waals surface area contributed by atoms with Crippen LogP contribution in [0.25, 0.3) is 49.8 Å². The second-order valence-electron chi connectivity index (χ2n) is 12.1. The maximum atomic E-state index is 6.39. The Labute approximate surface area is 280 Å². The SMILES string of the molecule is C=CC(=C)c1ccc(-c2ccc3oc4cccc(-c5cccc(C6=NC(c7ccccc7)=NC(c7ccccc7)N6)c5)c4c3c2)cc1C. The molecule has 0 amide bonds. The Morgan fingerprint density at radius 3 is 2.19 bits per heavy atom. The lowest BCUT2D eigenvalue weighted by Gasteiger charge is -2.24. The van der Waals surface area contributed by atoms with Gasteiger partial charge in [0, 0.05) is 21.9 Å². The third-order valence-corrected chi connectivity index (χ3v) is 8.98. The van der Waals surface area contributed by atoms with Crippen LogP contribution in [0, 0.1) is 6.92 Å². The molecule has 1 atom stereocenters. The standard InChI is InChI=1S/C44H33N3O/c1-4-28(2)36-23-21-32(25-29(36)3)33-22-24-39-38(27-33)41-37(19-12-20-40(41)48-39)34-17-11-18-35(26-34)44-46-42(30-13-7-5-8-14-30)45-43(47-44)31-15-9-6-10-16-31/h4-27,42H,1-2H2,3H3,(H,45,46,47). The molecule has 0 aliphatic carbocycles. The average Bonchev–Trinajstić information content (AvgIpc) is 3.53. The highest BCUT2D eigenvalue weighted by atomic mass is 16.3. The summed E-state index contributed by atoms with van der Waals surface area (Å²) in [6.45, 7) is 10.1. The predicted octanol–water partition coefficient (Wildman–Crippen LogP) is 10.9. The van der Waals surface area contributed by atoms with Crippen molar-refractivity contribution in [3.63, 3.8) is 0 Å². The van der Waals surface area contributed by atoms with E-state index in [0.29, 0.717) is 5.84 Å². The normalized spacial score (nSPS) is 14.3. The lowest BCUT2D eigenvalue weighted by molar-refractivity contribution is 0.669. The van der Waals surface area contributed by atoms with Crippen LogP contribution < -0.4 is 5.32 Å². The van der Waals surface area contributed by atoms with Crippen molar-refractivity contribution in [2.24, 2.45) is 9.98 Å². The maximum Gasteiger partial charge on any atom is 0.159 e. The van der Waals surface area contributed by atoms with E-state index in [2.05, 4.69) is 122 Å².